The summed E-state index contributed by atoms with van der Waals surface area (Å²) in [6, 6.07) is 13.4. The maximum Gasteiger partial charge on any atom is 0.263 e. The molecule has 3 rings (SSSR count). The van der Waals surface area contributed by atoms with E-state index in [1.807, 2.05) is 56.3 Å². The molecule has 8 heteroatoms. The maximum atomic E-state index is 11.8. The predicted molar refractivity (Wildman–Crippen MR) is 127 cm³/mol. The van der Waals surface area contributed by atoms with Crippen molar-refractivity contribution in [2.75, 3.05) is 33.0 Å². The molecule has 0 aromatic heterocycles. The van der Waals surface area contributed by atoms with Gasteiger partial charge in [0.1, 0.15) is 23.3 Å². The van der Waals surface area contributed by atoms with Crippen LogP contribution in [0.15, 0.2) is 47.4 Å². The third-order valence-electron chi connectivity index (χ3n) is 4.27. The lowest BCUT2D eigenvalue weighted by Gasteiger charge is -2.13. The van der Waals surface area contributed by atoms with Crippen molar-refractivity contribution in [1.29, 1.82) is 0 Å². The van der Waals surface area contributed by atoms with Gasteiger partial charge in [-0.1, -0.05) is 48.2 Å². The topological polar surface area (TPSA) is 66.0 Å². The lowest BCUT2D eigenvalue weighted by atomic mass is 10.2. The van der Waals surface area contributed by atoms with Gasteiger partial charge in [-0.3, -0.25) is 4.79 Å². The molecule has 0 atom stereocenters. The summed E-state index contributed by atoms with van der Waals surface area (Å²) in [5.41, 5.74) is 1.94. The monoisotopic (exact) mass is 459 g/mol. The van der Waals surface area contributed by atoms with Crippen LogP contribution in [0.4, 0.5) is 0 Å². The third kappa shape index (κ3) is 6.99. The van der Waals surface area contributed by atoms with Crippen LogP contribution in [-0.4, -0.2) is 43.3 Å². The number of amides is 1. The molecule has 2 aromatic rings. The fourth-order valence-corrected chi connectivity index (χ4v) is 3.86. The number of hydrogen-bond donors (Lipinski definition) is 1. The van der Waals surface area contributed by atoms with Gasteiger partial charge in [-0.25, -0.2) is 0 Å². The number of rotatable bonds is 11. The summed E-state index contributed by atoms with van der Waals surface area (Å²) in [4.78, 5) is 12.4. The Bertz CT molecular complexity index is 961. The largest absolute Gasteiger partial charge is 0.491 e. The molecule has 0 saturated carbocycles. The molecule has 1 amide bonds. The maximum absolute atomic E-state index is 11.8. The molecule has 0 unspecified atom stereocenters. The summed E-state index contributed by atoms with van der Waals surface area (Å²) in [6.45, 7) is 6.20. The van der Waals surface area contributed by atoms with Crippen molar-refractivity contribution in [2.24, 2.45) is 0 Å². The quantitative estimate of drug-likeness (QED) is 0.304. The van der Waals surface area contributed by atoms with Crippen LogP contribution in [0.25, 0.3) is 6.08 Å². The van der Waals surface area contributed by atoms with Gasteiger partial charge in [0.25, 0.3) is 5.91 Å². The minimum atomic E-state index is -0.183. The van der Waals surface area contributed by atoms with Gasteiger partial charge in [0, 0.05) is 0 Å². The van der Waals surface area contributed by atoms with Crippen LogP contribution >= 0.6 is 24.0 Å². The van der Waals surface area contributed by atoms with Gasteiger partial charge in [0.05, 0.1) is 24.7 Å². The first-order valence-electron chi connectivity index (χ1n) is 9.97. The summed E-state index contributed by atoms with van der Waals surface area (Å²) >= 11 is 6.27. The summed E-state index contributed by atoms with van der Waals surface area (Å²) in [5, 5.41) is 2.61. The highest BCUT2D eigenvalue weighted by molar-refractivity contribution is 8.26. The molecule has 1 fully saturated rings. The molecular formula is C23H25NO5S2. The van der Waals surface area contributed by atoms with E-state index in [4.69, 9.17) is 31.2 Å². The SMILES string of the molecule is CCOc1cc(C=C2SC(=S)NC2=O)ccc1OCCOCCOc1ccccc1C. The second-order valence-corrected chi connectivity index (χ2v) is 8.29. The van der Waals surface area contributed by atoms with Crippen LogP contribution in [-0.2, 0) is 9.53 Å². The van der Waals surface area contributed by atoms with Crippen molar-refractivity contribution in [3.05, 3.63) is 58.5 Å². The molecule has 2 aromatic carbocycles. The standard InChI is InChI=1S/C23H25NO5S2/c1-3-27-20-14-17(15-21-22(25)24-23(30)31-21)8-9-19(20)29-13-11-26-10-12-28-18-7-5-4-6-16(18)2/h4-9,14-15H,3,10-13H2,1-2H3,(H,24,25,30). The number of carbonyl (C=O) groups is 1. The molecule has 0 spiro atoms. The van der Waals surface area contributed by atoms with Crippen molar-refractivity contribution < 1.29 is 23.7 Å². The molecule has 0 aliphatic carbocycles. The van der Waals surface area contributed by atoms with E-state index >= 15 is 0 Å². The molecule has 6 nitrogen and oxygen atoms in total. The highest BCUT2D eigenvalue weighted by atomic mass is 32.2. The van der Waals surface area contributed by atoms with Crippen molar-refractivity contribution in [3.8, 4) is 17.2 Å². The molecular weight excluding hydrogens is 434 g/mol. The minimum Gasteiger partial charge on any atom is -0.491 e. The molecule has 0 bridgehead atoms. The zero-order valence-electron chi connectivity index (χ0n) is 17.5. The van der Waals surface area contributed by atoms with Crippen LogP contribution in [0.5, 0.6) is 17.2 Å². The summed E-state index contributed by atoms with van der Waals surface area (Å²) in [5.74, 6) is 1.93. The number of thiocarbonyl (C=S) groups is 1. The number of para-hydroxylation sites is 1. The van der Waals surface area contributed by atoms with E-state index in [0.717, 1.165) is 16.9 Å². The average Bonchev–Trinajstić information content (AvgIpc) is 3.06. The van der Waals surface area contributed by atoms with Gasteiger partial charge in [0.15, 0.2) is 11.5 Å². The van der Waals surface area contributed by atoms with E-state index in [1.165, 1.54) is 11.8 Å². The van der Waals surface area contributed by atoms with E-state index in [-0.39, 0.29) is 5.91 Å². The lowest BCUT2D eigenvalue weighted by molar-refractivity contribution is -0.115. The third-order valence-corrected chi connectivity index (χ3v) is 5.43. The highest BCUT2D eigenvalue weighted by Crippen LogP contribution is 2.31. The number of nitrogens with one attached hydrogen (secondary N) is 1. The number of benzene rings is 2. The number of ether oxygens (including phenoxy) is 4. The first kappa shape index (κ1) is 23.1. The van der Waals surface area contributed by atoms with E-state index in [0.29, 0.717) is 53.8 Å². The van der Waals surface area contributed by atoms with Gasteiger partial charge in [0.2, 0.25) is 0 Å². The molecule has 1 saturated heterocycles. The molecule has 1 heterocycles. The Labute approximate surface area is 191 Å². The van der Waals surface area contributed by atoms with E-state index in [9.17, 15) is 4.79 Å². The van der Waals surface area contributed by atoms with E-state index in [1.54, 1.807) is 6.08 Å². The first-order chi connectivity index (χ1) is 15.1. The van der Waals surface area contributed by atoms with Gasteiger partial charge < -0.3 is 24.3 Å². The average molecular weight is 460 g/mol. The van der Waals surface area contributed by atoms with Crippen molar-refractivity contribution >= 4 is 40.3 Å². The number of hydrogen-bond acceptors (Lipinski definition) is 7. The Morgan fingerprint density at radius 2 is 1.71 bits per heavy atom. The Hall–Kier alpha value is -2.55. The molecule has 1 aliphatic rings. The van der Waals surface area contributed by atoms with Crippen molar-refractivity contribution in [1.82, 2.24) is 5.32 Å². The summed E-state index contributed by atoms with van der Waals surface area (Å²) < 4.78 is 23.3. The highest BCUT2D eigenvalue weighted by Gasteiger charge is 2.22. The first-order valence-corrected chi connectivity index (χ1v) is 11.2. The number of aryl methyl sites for hydroxylation is 1. The fourth-order valence-electron chi connectivity index (χ4n) is 2.82. The number of carbonyl (C=O) groups excluding carboxylic acids is 1. The molecule has 1 aliphatic heterocycles. The van der Waals surface area contributed by atoms with Gasteiger partial charge >= 0.3 is 0 Å². The van der Waals surface area contributed by atoms with Crippen LogP contribution in [0.3, 0.4) is 0 Å². The van der Waals surface area contributed by atoms with Gasteiger partial charge in [-0.2, -0.15) is 0 Å². The lowest BCUT2D eigenvalue weighted by Crippen LogP contribution is -2.17. The predicted octanol–water partition coefficient (Wildman–Crippen LogP) is 4.36. The van der Waals surface area contributed by atoms with Crippen LogP contribution in [0.2, 0.25) is 0 Å². The Kier molecular flexibility index (Phi) is 8.75. The van der Waals surface area contributed by atoms with Crippen LogP contribution < -0.4 is 19.5 Å². The molecule has 31 heavy (non-hydrogen) atoms. The van der Waals surface area contributed by atoms with Gasteiger partial charge in [-0.05, 0) is 49.2 Å². The number of thioether (sulfide) groups is 1. The Balaban J connectivity index is 1.46. The second-order valence-electron chi connectivity index (χ2n) is 6.57. The summed E-state index contributed by atoms with van der Waals surface area (Å²) in [6.07, 6.45) is 1.78. The van der Waals surface area contributed by atoms with Crippen molar-refractivity contribution in [2.45, 2.75) is 13.8 Å². The fraction of sp³-hybridized carbons (Fsp3) is 0.304. The van der Waals surface area contributed by atoms with Gasteiger partial charge in [-0.15, -0.1) is 0 Å². The zero-order valence-corrected chi connectivity index (χ0v) is 19.1. The second kappa shape index (κ2) is 11.7. The molecule has 0 radical (unpaired) electrons. The van der Waals surface area contributed by atoms with E-state index < -0.39 is 0 Å². The Morgan fingerprint density at radius 3 is 2.39 bits per heavy atom. The normalized spacial score (nSPS) is 14.6. The molecule has 164 valence electrons. The van der Waals surface area contributed by atoms with Crippen LogP contribution in [0.1, 0.15) is 18.1 Å². The smallest absolute Gasteiger partial charge is 0.263 e. The minimum absolute atomic E-state index is 0.183. The van der Waals surface area contributed by atoms with E-state index in [2.05, 4.69) is 5.32 Å². The summed E-state index contributed by atoms with van der Waals surface area (Å²) in [7, 11) is 0. The van der Waals surface area contributed by atoms with Crippen molar-refractivity contribution in [3.63, 3.8) is 0 Å². The van der Waals surface area contributed by atoms with Crippen LogP contribution in [0, 0.1) is 6.92 Å². The molecule has 1 N–H and O–H groups in total. The zero-order chi connectivity index (χ0) is 22.1. The Morgan fingerprint density at radius 1 is 0.968 bits per heavy atom.